The molecule has 1 aliphatic carbocycles. The van der Waals surface area contributed by atoms with E-state index in [1.807, 2.05) is 20.0 Å². The third kappa shape index (κ3) is 5.17. The number of benzene rings is 1. The molecule has 1 aromatic rings. The average Bonchev–Trinajstić information content (AvgIpc) is 3.30. The first-order valence-corrected chi connectivity index (χ1v) is 12.8. The molecular formula is C23H35N3O4S. The minimum absolute atomic E-state index is 0.0460. The number of fused-ring (bicyclic) bond motifs is 1. The Bertz CT molecular complexity index is 810. The monoisotopic (exact) mass is 449 g/mol. The molecule has 1 aromatic carbocycles. The molecule has 31 heavy (non-hydrogen) atoms. The molecular weight excluding hydrogens is 414 g/mol. The molecule has 1 saturated carbocycles. The summed E-state index contributed by atoms with van der Waals surface area (Å²) in [5.74, 6) is 3.19. The van der Waals surface area contributed by atoms with Crippen LogP contribution < -0.4 is 20.1 Å². The van der Waals surface area contributed by atoms with Gasteiger partial charge in [-0.1, -0.05) is 19.4 Å². The van der Waals surface area contributed by atoms with Gasteiger partial charge in [0.2, 0.25) is 6.79 Å². The Labute approximate surface area is 187 Å². The van der Waals surface area contributed by atoms with Crippen molar-refractivity contribution in [1.82, 2.24) is 10.6 Å². The molecule has 2 N–H and O–H groups in total. The zero-order chi connectivity index (χ0) is 21.7. The second kappa shape index (κ2) is 10.2. The van der Waals surface area contributed by atoms with Crippen molar-refractivity contribution in [2.45, 2.75) is 62.2 Å². The molecule has 3 aliphatic rings. The molecule has 172 valence electrons. The molecule has 7 nitrogen and oxygen atoms in total. The van der Waals surface area contributed by atoms with Crippen LogP contribution in [0.25, 0.3) is 0 Å². The van der Waals surface area contributed by atoms with E-state index in [9.17, 15) is 4.21 Å². The molecule has 3 unspecified atom stereocenters. The molecule has 2 aliphatic heterocycles. The van der Waals surface area contributed by atoms with Gasteiger partial charge in [0.15, 0.2) is 17.5 Å². The lowest BCUT2D eigenvalue weighted by atomic mass is 9.74. The smallest absolute Gasteiger partial charge is 0.231 e. The Morgan fingerprint density at radius 1 is 1.23 bits per heavy atom. The Morgan fingerprint density at radius 3 is 2.81 bits per heavy atom. The molecule has 0 bridgehead atoms. The Balaban J connectivity index is 1.42. The number of nitrogens with one attached hydrogen (secondary N) is 2. The number of guanidine groups is 1. The highest BCUT2D eigenvalue weighted by Gasteiger charge is 2.36. The first kappa shape index (κ1) is 22.4. The third-order valence-corrected chi connectivity index (χ3v) is 8.62. The van der Waals surface area contributed by atoms with Gasteiger partial charge in [0.25, 0.3) is 0 Å². The SMILES string of the molecule is CCS(=O)C1CCCC(NC(=NC)NCC2(c3ccc4c(c3)OCO4)CCOCC2)C1. The van der Waals surface area contributed by atoms with Crippen molar-refractivity contribution in [3.05, 3.63) is 23.8 Å². The molecule has 2 fully saturated rings. The maximum Gasteiger partial charge on any atom is 0.231 e. The molecule has 2 heterocycles. The van der Waals surface area contributed by atoms with Gasteiger partial charge in [-0.15, -0.1) is 0 Å². The van der Waals surface area contributed by atoms with Crippen LogP contribution >= 0.6 is 0 Å². The van der Waals surface area contributed by atoms with Crippen molar-refractivity contribution >= 4 is 16.8 Å². The van der Waals surface area contributed by atoms with Gasteiger partial charge in [0.1, 0.15) is 0 Å². The Morgan fingerprint density at radius 2 is 2.03 bits per heavy atom. The molecule has 1 saturated heterocycles. The van der Waals surface area contributed by atoms with Crippen LogP contribution in [0, 0.1) is 0 Å². The average molecular weight is 450 g/mol. The van der Waals surface area contributed by atoms with Crippen LogP contribution in [0.3, 0.4) is 0 Å². The summed E-state index contributed by atoms with van der Waals surface area (Å²) in [6.07, 6.45) is 6.11. The van der Waals surface area contributed by atoms with E-state index in [1.54, 1.807) is 0 Å². The number of hydrogen-bond acceptors (Lipinski definition) is 5. The lowest BCUT2D eigenvalue weighted by Crippen LogP contribution is -2.51. The first-order valence-electron chi connectivity index (χ1n) is 11.5. The van der Waals surface area contributed by atoms with Crippen LogP contribution in [0.15, 0.2) is 23.2 Å². The maximum absolute atomic E-state index is 12.3. The van der Waals surface area contributed by atoms with Crippen molar-refractivity contribution in [1.29, 1.82) is 0 Å². The van der Waals surface area contributed by atoms with E-state index in [1.165, 1.54) is 5.56 Å². The van der Waals surface area contributed by atoms with E-state index in [0.29, 0.717) is 11.3 Å². The lowest BCUT2D eigenvalue weighted by molar-refractivity contribution is 0.0513. The highest BCUT2D eigenvalue weighted by molar-refractivity contribution is 7.85. The number of ether oxygens (including phenoxy) is 3. The van der Waals surface area contributed by atoms with Gasteiger partial charge in [0, 0.05) is 60.1 Å². The lowest BCUT2D eigenvalue weighted by Gasteiger charge is -2.39. The number of hydrogen-bond donors (Lipinski definition) is 2. The normalized spacial score (nSPS) is 26.3. The Hall–Kier alpha value is -1.80. The minimum atomic E-state index is -0.727. The maximum atomic E-state index is 12.3. The van der Waals surface area contributed by atoms with E-state index < -0.39 is 10.8 Å². The quantitative estimate of drug-likeness (QED) is 0.513. The van der Waals surface area contributed by atoms with Gasteiger partial charge < -0.3 is 24.8 Å². The fourth-order valence-corrected chi connectivity index (χ4v) is 6.30. The standard InChI is InChI=1S/C23H35N3O4S/c1-3-31(27)19-6-4-5-18(14-19)26-22(24-2)25-15-23(9-11-28-12-10-23)17-7-8-20-21(13-17)30-16-29-20/h7-8,13,18-19H,3-6,9-12,14-16H2,1-2H3,(H2,24,25,26). The molecule has 3 atom stereocenters. The summed E-state index contributed by atoms with van der Waals surface area (Å²) in [6, 6.07) is 6.61. The van der Waals surface area contributed by atoms with E-state index in [4.69, 9.17) is 14.2 Å². The van der Waals surface area contributed by atoms with E-state index in [-0.39, 0.29) is 12.2 Å². The topological polar surface area (TPSA) is 81.2 Å². The van der Waals surface area contributed by atoms with Gasteiger partial charge in [0.05, 0.1) is 0 Å². The molecule has 0 spiro atoms. The van der Waals surface area contributed by atoms with Gasteiger partial charge in [-0.25, -0.2) is 0 Å². The molecule has 0 radical (unpaired) electrons. The van der Waals surface area contributed by atoms with Crippen LogP contribution in [-0.4, -0.2) is 60.8 Å². The third-order valence-electron chi connectivity index (χ3n) is 6.88. The molecule has 8 heteroatoms. The number of nitrogens with zero attached hydrogens (tertiary/aromatic N) is 1. The van der Waals surface area contributed by atoms with Crippen molar-refractivity contribution in [2.75, 3.05) is 39.4 Å². The van der Waals surface area contributed by atoms with Gasteiger partial charge in [-0.2, -0.15) is 0 Å². The predicted molar refractivity (Wildman–Crippen MR) is 124 cm³/mol. The fraction of sp³-hybridized carbons (Fsp3) is 0.696. The van der Waals surface area contributed by atoms with Crippen molar-refractivity contribution in [3.63, 3.8) is 0 Å². The highest BCUT2D eigenvalue weighted by atomic mass is 32.2. The van der Waals surface area contributed by atoms with Gasteiger partial charge in [-0.05, 0) is 49.8 Å². The zero-order valence-electron chi connectivity index (χ0n) is 18.7. The Kier molecular flexibility index (Phi) is 7.38. The van der Waals surface area contributed by atoms with Crippen molar-refractivity contribution < 1.29 is 18.4 Å². The van der Waals surface area contributed by atoms with Crippen LogP contribution in [-0.2, 0) is 21.0 Å². The summed E-state index contributed by atoms with van der Waals surface area (Å²) in [5.41, 5.74) is 1.20. The van der Waals surface area contributed by atoms with Crippen LogP contribution in [0.1, 0.15) is 51.0 Å². The van der Waals surface area contributed by atoms with Gasteiger partial charge in [-0.3, -0.25) is 9.20 Å². The molecule has 0 amide bonds. The zero-order valence-corrected chi connectivity index (χ0v) is 19.5. The van der Waals surface area contributed by atoms with Crippen LogP contribution in [0.5, 0.6) is 11.5 Å². The minimum Gasteiger partial charge on any atom is -0.454 e. The number of rotatable bonds is 6. The second-order valence-corrected chi connectivity index (χ2v) is 10.7. The van der Waals surface area contributed by atoms with E-state index in [2.05, 4.69) is 27.8 Å². The highest BCUT2D eigenvalue weighted by Crippen LogP contribution is 2.40. The van der Waals surface area contributed by atoms with E-state index in [0.717, 1.165) is 81.5 Å². The summed E-state index contributed by atoms with van der Waals surface area (Å²) >= 11 is 0. The summed E-state index contributed by atoms with van der Waals surface area (Å²) in [5, 5.41) is 7.48. The summed E-state index contributed by atoms with van der Waals surface area (Å²) in [6.45, 7) is 4.56. The molecule has 0 aromatic heterocycles. The van der Waals surface area contributed by atoms with Gasteiger partial charge >= 0.3 is 0 Å². The second-order valence-electron chi connectivity index (χ2n) is 8.69. The van der Waals surface area contributed by atoms with Crippen molar-refractivity contribution in [3.8, 4) is 11.5 Å². The van der Waals surface area contributed by atoms with E-state index >= 15 is 0 Å². The summed E-state index contributed by atoms with van der Waals surface area (Å²) in [4.78, 5) is 4.48. The summed E-state index contributed by atoms with van der Waals surface area (Å²) in [7, 11) is 1.09. The van der Waals surface area contributed by atoms with Crippen LogP contribution in [0.4, 0.5) is 0 Å². The fourth-order valence-electron chi connectivity index (χ4n) is 4.95. The largest absolute Gasteiger partial charge is 0.454 e. The van der Waals surface area contributed by atoms with Crippen LogP contribution in [0.2, 0.25) is 0 Å². The van der Waals surface area contributed by atoms with Crippen molar-refractivity contribution in [2.24, 2.45) is 4.99 Å². The first-order chi connectivity index (χ1) is 15.1. The summed E-state index contributed by atoms with van der Waals surface area (Å²) < 4.78 is 29.1. The molecule has 4 rings (SSSR count). The number of aliphatic imine (C=N–C) groups is 1. The predicted octanol–water partition coefficient (Wildman–Crippen LogP) is 2.71.